The van der Waals surface area contributed by atoms with Crippen molar-refractivity contribution in [2.24, 2.45) is 4.99 Å². The van der Waals surface area contributed by atoms with Gasteiger partial charge >= 0.3 is 0 Å². The summed E-state index contributed by atoms with van der Waals surface area (Å²) in [7, 11) is 0. The van der Waals surface area contributed by atoms with Crippen LogP contribution in [0, 0.1) is 0 Å². The van der Waals surface area contributed by atoms with Gasteiger partial charge in [0.15, 0.2) is 0 Å². The molecule has 0 atom stereocenters. The van der Waals surface area contributed by atoms with E-state index >= 15 is 0 Å². The van der Waals surface area contributed by atoms with Gasteiger partial charge in [-0.25, -0.2) is 8.78 Å². The van der Waals surface area contributed by atoms with E-state index in [0.29, 0.717) is 17.7 Å². The predicted octanol–water partition coefficient (Wildman–Crippen LogP) is 3.11. The van der Waals surface area contributed by atoms with Crippen molar-refractivity contribution in [1.29, 1.82) is 0 Å². The van der Waals surface area contributed by atoms with Crippen LogP contribution < -0.4 is 0 Å². The molecule has 0 radical (unpaired) electrons. The molecular formula is C10H11F2N. The lowest BCUT2D eigenvalue weighted by molar-refractivity contribution is 0.193. The van der Waals surface area contributed by atoms with E-state index in [1.54, 1.807) is 19.2 Å². The molecule has 0 spiro atoms. The van der Waals surface area contributed by atoms with Gasteiger partial charge in [-0.2, -0.15) is 0 Å². The molecule has 1 aliphatic rings. The van der Waals surface area contributed by atoms with Crippen LogP contribution >= 0.6 is 0 Å². The molecule has 1 rings (SSSR count). The maximum atomic E-state index is 12.3. The molecule has 0 amide bonds. The van der Waals surface area contributed by atoms with Gasteiger partial charge in [0.1, 0.15) is 0 Å². The number of allylic oxidation sites excluding steroid dienone is 4. The van der Waals surface area contributed by atoms with Gasteiger partial charge in [0.05, 0.1) is 5.70 Å². The van der Waals surface area contributed by atoms with E-state index in [0.717, 1.165) is 0 Å². The fourth-order valence-corrected chi connectivity index (χ4v) is 1.18. The Morgan fingerprint density at radius 3 is 2.92 bits per heavy atom. The number of hydrogen-bond acceptors (Lipinski definition) is 1. The van der Waals surface area contributed by atoms with Gasteiger partial charge in [-0.3, -0.25) is 4.99 Å². The number of nitrogens with zero attached hydrogens (tertiary/aromatic N) is 1. The van der Waals surface area contributed by atoms with E-state index in [2.05, 4.69) is 11.6 Å². The molecule has 0 aromatic rings. The van der Waals surface area contributed by atoms with E-state index in [1.165, 1.54) is 0 Å². The zero-order valence-electron chi connectivity index (χ0n) is 7.43. The van der Waals surface area contributed by atoms with Gasteiger partial charge in [0.25, 0.3) is 6.43 Å². The second-order valence-electron chi connectivity index (χ2n) is 2.68. The molecule has 0 unspecified atom stereocenters. The highest BCUT2D eigenvalue weighted by Gasteiger charge is 2.17. The summed E-state index contributed by atoms with van der Waals surface area (Å²) >= 11 is 0. The average molecular weight is 183 g/mol. The van der Waals surface area contributed by atoms with Crippen molar-refractivity contribution >= 4 is 6.21 Å². The quantitative estimate of drug-likeness (QED) is 0.596. The highest BCUT2D eigenvalue weighted by molar-refractivity contribution is 5.58. The number of halogens is 2. The van der Waals surface area contributed by atoms with Crippen LogP contribution in [0.25, 0.3) is 0 Å². The standard InChI is InChI=1S/C10H11F2N/c1-3-13-9-6-4-5-8(9)7(2)10(11)12/h3-5,10H,2,6H2,1H3. The molecule has 13 heavy (non-hydrogen) atoms. The first-order chi connectivity index (χ1) is 6.16. The van der Waals surface area contributed by atoms with Crippen LogP contribution in [0.3, 0.4) is 0 Å². The highest BCUT2D eigenvalue weighted by Crippen LogP contribution is 2.28. The van der Waals surface area contributed by atoms with Crippen LogP contribution in [0.5, 0.6) is 0 Å². The highest BCUT2D eigenvalue weighted by atomic mass is 19.3. The monoisotopic (exact) mass is 183 g/mol. The molecule has 0 fully saturated rings. The first-order valence-corrected chi connectivity index (χ1v) is 4.02. The molecule has 0 saturated carbocycles. The van der Waals surface area contributed by atoms with Crippen molar-refractivity contribution in [1.82, 2.24) is 0 Å². The van der Waals surface area contributed by atoms with E-state index in [-0.39, 0.29) is 5.57 Å². The molecule has 0 aromatic carbocycles. The number of rotatable bonds is 3. The van der Waals surface area contributed by atoms with E-state index in [9.17, 15) is 8.78 Å². The molecule has 0 aromatic heterocycles. The van der Waals surface area contributed by atoms with E-state index < -0.39 is 6.43 Å². The summed E-state index contributed by atoms with van der Waals surface area (Å²) in [4.78, 5) is 4.01. The molecule has 0 bridgehead atoms. The van der Waals surface area contributed by atoms with Crippen LogP contribution in [0.2, 0.25) is 0 Å². The van der Waals surface area contributed by atoms with E-state index in [4.69, 9.17) is 0 Å². The predicted molar refractivity (Wildman–Crippen MR) is 50.1 cm³/mol. The van der Waals surface area contributed by atoms with Gasteiger partial charge in [0.2, 0.25) is 0 Å². The number of aliphatic imine (C=N–C) groups is 1. The summed E-state index contributed by atoms with van der Waals surface area (Å²) < 4.78 is 24.5. The van der Waals surface area contributed by atoms with Crippen LogP contribution in [0.15, 0.2) is 40.6 Å². The van der Waals surface area contributed by atoms with Crippen LogP contribution in [0.4, 0.5) is 8.78 Å². The Morgan fingerprint density at radius 2 is 2.38 bits per heavy atom. The minimum absolute atomic E-state index is 0.144. The fourth-order valence-electron chi connectivity index (χ4n) is 1.18. The average Bonchev–Trinajstić information content (AvgIpc) is 2.52. The lowest BCUT2D eigenvalue weighted by Gasteiger charge is -2.04. The topological polar surface area (TPSA) is 12.4 Å². The second kappa shape index (κ2) is 4.12. The third-order valence-electron chi connectivity index (χ3n) is 1.80. The summed E-state index contributed by atoms with van der Waals surface area (Å²) in [5.74, 6) is 0. The van der Waals surface area contributed by atoms with Crippen molar-refractivity contribution in [3.63, 3.8) is 0 Å². The zero-order chi connectivity index (χ0) is 9.84. The molecule has 0 aliphatic heterocycles. The Bertz CT molecular complexity index is 298. The maximum Gasteiger partial charge on any atom is 0.263 e. The van der Waals surface area contributed by atoms with Gasteiger partial charge in [-0.1, -0.05) is 18.7 Å². The Hall–Kier alpha value is -1.25. The maximum absolute atomic E-state index is 12.3. The molecule has 0 heterocycles. The minimum atomic E-state index is -2.50. The Morgan fingerprint density at radius 1 is 1.69 bits per heavy atom. The van der Waals surface area contributed by atoms with Crippen molar-refractivity contribution in [3.8, 4) is 0 Å². The Balaban J connectivity index is 2.93. The smallest absolute Gasteiger partial charge is 0.263 e. The SMILES string of the molecule is C=C(C1=C(N=CC)CC=C1)C(F)F. The number of alkyl halides is 2. The van der Waals surface area contributed by atoms with Crippen LogP contribution in [-0.4, -0.2) is 12.6 Å². The molecule has 3 heteroatoms. The van der Waals surface area contributed by atoms with Crippen LogP contribution in [0.1, 0.15) is 13.3 Å². The summed E-state index contributed by atoms with van der Waals surface area (Å²) in [6, 6.07) is 0. The molecule has 0 saturated heterocycles. The molecule has 1 nitrogen and oxygen atoms in total. The molecular weight excluding hydrogens is 172 g/mol. The fraction of sp³-hybridized carbons (Fsp3) is 0.300. The molecule has 0 N–H and O–H groups in total. The van der Waals surface area contributed by atoms with Gasteiger partial charge in [0, 0.05) is 23.8 Å². The lowest BCUT2D eigenvalue weighted by Crippen LogP contribution is -1.98. The molecule has 70 valence electrons. The lowest BCUT2D eigenvalue weighted by atomic mass is 10.1. The minimum Gasteiger partial charge on any atom is -0.265 e. The normalized spacial score (nSPS) is 16.6. The van der Waals surface area contributed by atoms with Gasteiger partial charge < -0.3 is 0 Å². The van der Waals surface area contributed by atoms with Crippen molar-refractivity contribution in [3.05, 3.63) is 35.6 Å². The summed E-state index contributed by atoms with van der Waals surface area (Å²) in [6.07, 6.45) is 3.17. The largest absolute Gasteiger partial charge is 0.265 e. The first kappa shape index (κ1) is 9.84. The Labute approximate surface area is 76.2 Å². The Kier molecular flexibility index (Phi) is 3.12. The van der Waals surface area contributed by atoms with E-state index in [1.807, 2.05) is 6.08 Å². The van der Waals surface area contributed by atoms with Gasteiger partial charge in [-0.15, -0.1) is 0 Å². The second-order valence-corrected chi connectivity index (χ2v) is 2.68. The van der Waals surface area contributed by atoms with Crippen molar-refractivity contribution in [2.45, 2.75) is 19.8 Å². The van der Waals surface area contributed by atoms with Crippen molar-refractivity contribution in [2.75, 3.05) is 0 Å². The molecule has 1 aliphatic carbocycles. The number of hydrogen-bond donors (Lipinski definition) is 0. The van der Waals surface area contributed by atoms with Crippen molar-refractivity contribution < 1.29 is 8.78 Å². The first-order valence-electron chi connectivity index (χ1n) is 4.02. The van der Waals surface area contributed by atoms with Crippen LogP contribution in [-0.2, 0) is 0 Å². The summed E-state index contributed by atoms with van der Waals surface area (Å²) in [5, 5.41) is 0. The zero-order valence-corrected chi connectivity index (χ0v) is 7.43. The third kappa shape index (κ3) is 2.11. The van der Waals surface area contributed by atoms with Gasteiger partial charge in [-0.05, 0) is 6.92 Å². The summed E-state index contributed by atoms with van der Waals surface area (Å²) in [6.45, 7) is 5.09. The third-order valence-corrected chi connectivity index (χ3v) is 1.80. The summed E-state index contributed by atoms with van der Waals surface area (Å²) in [5.41, 5.74) is 1.01.